The lowest BCUT2D eigenvalue weighted by molar-refractivity contribution is 0.0512. The Labute approximate surface area is 94.8 Å². The maximum absolute atomic E-state index is 11.5. The highest BCUT2D eigenvalue weighted by atomic mass is 16.5. The summed E-state index contributed by atoms with van der Waals surface area (Å²) in [6, 6.07) is 0. The number of carbonyl (C=O) groups excluding carboxylic acids is 1. The predicted octanol–water partition coefficient (Wildman–Crippen LogP) is 1.65. The van der Waals surface area contributed by atoms with Crippen molar-refractivity contribution < 1.29 is 9.53 Å². The quantitative estimate of drug-likeness (QED) is 0.731. The number of esters is 1. The van der Waals surface area contributed by atoms with Gasteiger partial charge in [-0.15, -0.1) is 5.10 Å². The van der Waals surface area contributed by atoms with E-state index in [9.17, 15) is 4.79 Å². The van der Waals surface area contributed by atoms with Crippen LogP contribution < -0.4 is 0 Å². The van der Waals surface area contributed by atoms with Gasteiger partial charge in [-0.25, -0.2) is 9.78 Å². The Hall–Kier alpha value is -1.39. The number of carbonyl (C=O) groups is 1. The van der Waals surface area contributed by atoms with Crippen molar-refractivity contribution in [2.75, 3.05) is 6.61 Å². The summed E-state index contributed by atoms with van der Waals surface area (Å²) in [5.74, 6) is 1.13. The molecule has 0 amide bonds. The Bertz CT molecular complexity index is 381. The van der Waals surface area contributed by atoms with Crippen molar-refractivity contribution in [3.8, 4) is 0 Å². The molecule has 0 bridgehead atoms. The van der Waals surface area contributed by atoms with Gasteiger partial charge in [0.15, 0.2) is 0 Å². The van der Waals surface area contributed by atoms with E-state index < -0.39 is 5.97 Å². The molecule has 5 heteroatoms. The molecule has 1 saturated carbocycles. The zero-order valence-electron chi connectivity index (χ0n) is 9.77. The smallest absolute Gasteiger partial charge is 0.378 e. The second-order valence-corrected chi connectivity index (χ2v) is 4.12. The molecule has 5 nitrogen and oxygen atoms in total. The molecule has 0 aromatic carbocycles. The fourth-order valence-corrected chi connectivity index (χ4v) is 2.22. The molecule has 0 spiro atoms. The van der Waals surface area contributed by atoms with Crippen LogP contribution in [-0.2, 0) is 11.8 Å². The van der Waals surface area contributed by atoms with E-state index in [0.29, 0.717) is 12.5 Å². The summed E-state index contributed by atoms with van der Waals surface area (Å²) in [4.78, 5) is 15.8. The molecule has 1 aromatic heterocycles. The van der Waals surface area contributed by atoms with Crippen LogP contribution in [0.5, 0.6) is 0 Å². The summed E-state index contributed by atoms with van der Waals surface area (Å²) in [5, 5.41) is 4.10. The van der Waals surface area contributed by atoms with Crippen molar-refractivity contribution in [1.82, 2.24) is 14.8 Å². The van der Waals surface area contributed by atoms with Crippen molar-refractivity contribution in [2.24, 2.45) is 7.05 Å². The average molecular weight is 223 g/mol. The van der Waals surface area contributed by atoms with E-state index in [0.717, 1.165) is 18.7 Å². The zero-order chi connectivity index (χ0) is 11.5. The topological polar surface area (TPSA) is 57.0 Å². The second kappa shape index (κ2) is 4.63. The molecule has 16 heavy (non-hydrogen) atoms. The van der Waals surface area contributed by atoms with Gasteiger partial charge in [0.2, 0.25) is 0 Å². The first-order valence-electron chi connectivity index (χ1n) is 5.80. The van der Waals surface area contributed by atoms with Crippen LogP contribution in [0.1, 0.15) is 55.0 Å². The van der Waals surface area contributed by atoms with Gasteiger partial charge in [0, 0.05) is 13.0 Å². The molecule has 0 atom stereocenters. The molecule has 1 fully saturated rings. The molecule has 0 aliphatic heterocycles. The lowest BCUT2D eigenvalue weighted by Gasteiger charge is -2.05. The summed E-state index contributed by atoms with van der Waals surface area (Å²) in [7, 11) is 1.84. The lowest BCUT2D eigenvalue weighted by Crippen LogP contribution is -2.07. The van der Waals surface area contributed by atoms with E-state index in [2.05, 4.69) is 10.1 Å². The molecule has 0 unspecified atom stereocenters. The SMILES string of the molecule is CCOC(=O)c1nc(C2CCCC2)n(C)n1. The van der Waals surface area contributed by atoms with Crippen LogP contribution in [0.3, 0.4) is 0 Å². The Balaban J connectivity index is 2.17. The second-order valence-electron chi connectivity index (χ2n) is 4.12. The number of ether oxygens (including phenoxy) is 1. The normalized spacial score (nSPS) is 16.6. The fourth-order valence-electron chi connectivity index (χ4n) is 2.22. The van der Waals surface area contributed by atoms with E-state index in [4.69, 9.17) is 4.74 Å². The molecule has 2 rings (SSSR count). The fraction of sp³-hybridized carbons (Fsp3) is 0.727. The van der Waals surface area contributed by atoms with Crippen molar-refractivity contribution in [1.29, 1.82) is 0 Å². The third-order valence-electron chi connectivity index (χ3n) is 2.98. The molecule has 1 heterocycles. The maximum Gasteiger partial charge on any atom is 0.378 e. The minimum absolute atomic E-state index is 0.186. The predicted molar refractivity (Wildman–Crippen MR) is 58.2 cm³/mol. The molecule has 1 aliphatic rings. The van der Waals surface area contributed by atoms with Crippen molar-refractivity contribution in [2.45, 2.75) is 38.5 Å². The van der Waals surface area contributed by atoms with Crippen LogP contribution in [0, 0.1) is 0 Å². The van der Waals surface area contributed by atoms with Gasteiger partial charge in [-0.3, -0.25) is 4.68 Å². The summed E-state index contributed by atoms with van der Waals surface area (Å²) in [5.41, 5.74) is 0. The van der Waals surface area contributed by atoms with Crippen LogP contribution in [0.25, 0.3) is 0 Å². The largest absolute Gasteiger partial charge is 0.460 e. The van der Waals surface area contributed by atoms with E-state index in [1.54, 1.807) is 11.6 Å². The van der Waals surface area contributed by atoms with E-state index in [-0.39, 0.29) is 5.82 Å². The molecule has 0 N–H and O–H groups in total. The number of aryl methyl sites for hydroxylation is 1. The van der Waals surface area contributed by atoms with Crippen molar-refractivity contribution in [3.05, 3.63) is 11.6 Å². The van der Waals surface area contributed by atoms with Gasteiger partial charge in [0.1, 0.15) is 5.82 Å². The van der Waals surface area contributed by atoms with Gasteiger partial charge >= 0.3 is 5.97 Å². The van der Waals surface area contributed by atoms with E-state index in [1.165, 1.54) is 12.8 Å². The summed E-state index contributed by atoms with van der Waals surface area (Å²) < 4.78 is 6.59. The van der Waals surface area contributed by atoms with Crippen molar-refractivity contribution in [3.63, 3.8) is 0 Å². The van der Waals surface area contributed by atoms with Crippen LogP contribution in [-0.4, -0.2) is 27.3 Å². The first-order valence-corrected chi connectivity index (χ1v) is 5.80. The lowest BCUT2D eigenvalue weighted by atomic mass is 10.1. The average Bonchev–Trinajstić information content (AvgIpc) is 2.86. The molecular weight excluding hydrogens is 206 g/mol. The van der Waals surface area contributed by atoms with Crippen LogP contribution in [0.2, 0.25) is 0 Å². The minimum Gasteiger partial charge on any atom is -0.460 e. The minimum atomic E-state index is -0.428. The van der Waals surface area contributed by atoms with Crippen molar-refractivity contribution >= 4 is 5.97 Å². The third kappa shape index (κ3) is 2.08. The Morgan fingerprint density at radius 1 is 1.50 bits per heavy atom. The van der Waals surface area contributed by atoms with Gasteiger partial charge in [-0.2, -0.15) is 0 Å². The molecule has 0 radical (unpaired) electrons. The number of nitrogens with zero attached hydrogens (tertiary/aromatic N) is 3. The summed E-state index contributed by atoms with van der Waals surface area (Å²) >= 11 is 0. The zero-order valence-corrected chi connectivity index (χ0v) is 9.77. The van der Waals surface area contributed by atoms with E-state index >= 15 is 0 Å². The van der Waals surface area contributed by atoms with Crippen LogP contribution in [0.15, 0.2) is 0 Å². The van der Waals surface area contributed by atoms with Gasteiger partial charge in [0.25, 0.3) is 5.82 Å². The van der Waals surface area contributed by atoms with Crippen LogP contribution >= 0.6 is 0 Å². The Morgan fingerprint density at radius 3 is 2.81 bits per heavy atom. The first kappa shape index (κ1) is 11.1. The van der Waals surface area contributed by atoms with Crippen LogP contribution in [0.4, 0.5) is 0 Å². The highest BCUT2D eigenvalue weighted by molar-refractivity contribution is 5.84. The maximum atomic E-state index is 11.5. The highest BCUT2D eigenvalue weighted by Crippen LogP contribution is 2.32. The number of aromatic nitrogens is 3. The first-order chi connectivity index (χ1) is 7.72. The van der Waals surface area contributed by atoms with E-state index in [1.807, 2.05) is 7.05 Å². The number of rotatable bonds is 3. The molecule has 1 aromatic rings. The van der Waals surface area contributed by atoms with Gasteiger partial charge < -0.3 is 4.74 Å². The highest BCUT2D eigenvalue weighted by Gasteiger charge is 2.24. The Morgan fingerprint density at radius 2 is 2.19 bits per heavy atom. The van der Waals surface area contributed by atoms with Gasteiger partial charge in [0.05, 0.1) is 6.61 Å². The van der Waals surface area contributed by atoms with Gasteiger partial charge in [-0.1, -0.05) is 12.8 Å². The number of hydrogen-bond acceptors (Lipinski definition) is 4. The molecule has 1 aliphatic carbocycles. The third-order valence-corrected chi connectivity index (χ3v) is 2.98. The number of hydrogen-bond donors (Lipinski definition) is 0. The monoisotopic (exact) mass is 223 g/mol. The summed E-state index contributed by atoms with van der Waals surface area (Å²) in [6.07, 6.45) is 4.78. The molecule has 88 valence electrons. The summed E-state index contributed by atoms with van der Waals surface area (Å²) in [6.45, 7) is 2.13. The molecular formula is C11H17N3O2. The Kier molecular flexibility index (Phi) is 3.22. The van der Waals surface area contributed by atoms with Gasteiger partial charge in [-0.05, 0) is 19.8 Å². The standard InChI is InChI=1S/C11H17N3O2/c1-3-16-11(15)9-12-10(14(2)13-9)8-6-4-5-7-8/h8H,3-7H2,1-2H3. The molecule has 0 saturated heterocycles.